The lowest BCUT2D eigenvalue weighted by Gasteiger charge is -2.15. The Morgan fingerprint density at radius 2 is 2.33 bits per heavy atom. The summed E-state index contributed by atoms with van der Waals surface area (Å²) in [6.07, 6.45) is 2.62. The first kappa shape index (κ1) is 13.5. The van der Waals surface area contributed by atoms with Gasteiger partial charge in [-0.25, -0.2) is 0 Å². The Balaban J connectivity index is 1.61. The minimum absolute atomic E-state index is 0.732. The molecular weight excluding hydrogens is 228 g/mol. The molecular formula is C13H24N4O. The Morgan fingerprint density at radius 3 is 3.06 bits per heavy atom. The van der Waals surface area contributed by atoms with Crippen molar-refractivity contribution in [2.24, 2.45) is 0 Å². The summed E-state index contributed by atoms with van der Waals surface area (Å²) >= 11 is 0. The maximum Gasteiger partial charge on any atom is 0.0656 e. The van der Waals surface area contributed by atoms with Gasteiger partial charge in [0.2, 0.25) is 0 Å². The van der Waals surface area contributed by atoms with Crippen molar-refractivity contribution in [3.63, 3.8) is 0 Å². The van der Waals surface area contributed by atoms with E-state index in [-0.39, 0.29) is 0 Å². The average molecular weight is 252 g/mol. The molecule has 0 saturated heterocycles. The molecule has 0 bridgehead atoms. The fourth-order valence-corrected chi connectivity index (χ4v) is 1.99. The number of nitrogens with one attached hydrogen (secondary N) is 2. The summed E-state index contributed by atoms with van der Waals surface area (Å²) in [5.41, 5.74) is 2.47. The van der Waals surface area contributed by atoms with Crippen LogP contribution in [-0.4, -0.2) is 55.5 Å². The first-order valence-electron chi connectivity index (χ1n) is 6.72. The molecule has 0 unspecified atom stereocenters. The molecule has 2 N–H and O–H groups in total. The molecule has 1 aliphatic carbocycles. The molecule has 0 atom stereocenters. The van der Waals surface area contributed by atoms with Gasteiger partial charge in [-0.2, -0.15) is 5.10 Å². The van der Waals surface area contributed by atoms with Crippen LogP contribution in [0.15, 0.2) is 6.07 Å². The van der Waals surface area contributed by atoms with Gasteiger partial charge in [0, 0.05) is 44.9 Å². The van der Waals surface area contributed by atoms with Crippen LogP contribution in [0.5, 0.6) is 0 Å². The van der Waals surface area contributed by atoms with Gasteiger partial charge in [0.15, 0.2) is 0 Å². The number of ether oxygens (including phenoxy) is 1. The summed E-state index contributed by atoms with van der Waals surface area (Å²) < 4.78 is 4.99. The van der Waals surface area contributed by atoms with Gasteiger partial charge < -0.3 is 10.1 Å². The van der Waals surface area contributed by atoms with Gasteiger partial charge in [-0.1, -0.05) is 0 Å². The molecule has 0 aromatic carbocycles. The standard InChI is InChI=1S/C13H24N4O/c1-17(7-5-14-6-8-18-2)10-12-9-13(16-15-12)11-3-4-11/h9,11,14H,3-8,10H2,1-2H3,(H,15,16). The van der Waals surface area contributed by atoms with Gasteiger partial charge >= 0.3 is 0 Å². The highest BCUT2D eigenvalue weighted by Gasteiger charge is 2.26. The van der Waals surface area contributed by atoms with Gasteiger partial charge in [-0.15, -0.1) is 0 Å². The van der Waals surface area contributed by atoms with E-state index in [0.29, 0.717) is 0 Å². The summed E-state index contributed by atoms with van der Waals surface area (Å²) in [5.74, 6) is 0.732. The van der Waals surface area contributed by atoms with Gasteiger partial charge in [-0.05, 0) is 26.0 Å². The fraction of sp³-hybridized carbons (Fsp3) is 0.769. The van der Waals surface area contributed by atoms with Crippen molar-refractivity contribution in [2.75, 3.05) is 40.4 Å². The second-order valence-electron chi connectivity index (χ2n) is 5.07. The second kappa shape index (κ2) is 6.87. The van der Waals surface area contributed by atoms with E-state index in [1.807, 2.05) is 0 Å². The molecule has 0 amide bonds. The first-order chi connectivity index (χ1) is 8.79. The molecule has 1 saturated carbocycles. The zero-order chi connectivity index (χ0) is 12.8. The highest BCUT2D eigenvalue weighted by molar-refractivity contribution is 5.17. The Hall–Kier alpha value is -0.910. The molecule has 0 aliphatic heterocycles. The summed E-state index contributed by atoms with van der Waals surface area (Å²) in [6.45, 7) is 4.64. The third-order valence-electron chi connectivity index (χ3n) is 3.24. The second-order valence-corrected chi connectivity index (χ2v) is 5.07. The SMILES string of the molecule is COCCNCCN(C)Cc1cc(C2CC2)n[nH]1. The van der Waals surface area contributed by atoms with E-state index < -0.39 is 0 Å². The van der Waals surface area contributed by atoms with Crippen LogP contribution >= 0.6 is 0 Å². The molecule has 0 spiro atoms. The predicted molar refractivity (Wildman–Crippen MR) is 71.6 cm³/mol. The van der Waals surface area contributed by atoms with E-state index in [1.54, 1.807) is 7.11 Å². The molecule has 1 aromatic rings. The summed E-state index contributed by atoms with van der Waals surface area (Å²) in [6, 6.07) is 2.21. The van der Waals surface area contributed by atoms with Crippen molar-refractivity contribution in [1.82, 2.24) is 20.4 Å². The van der Waals surface area contributed by atoms with E-state index in [9.17, 15) is 0 Å². The van der Waals surface area contributed by atoms with Crippen molar-refractivity contribution in [2.45, 2.75) is 25.3 Å². The Bertz CT molecular complexity index is 349. The molecule has 2 rings (SSSR count). The quantitative estimate of drug-likeness (QED) is 0.643. The van der Waals surface area contributed by atoms with Crippen LogP contribution in [-0.2, 0) is 11.3 Å². The van der Waals surface area contributed by atoms with Crippen LogP contribution in [0.1, 0.15) is 30.1 Å². The number of aromatic amines is 1. The normalized spacial score (nSPS) is 15.5. The Morgan fingerprint density at radius 1 is 1.50 bits per heavy atom. The maximum atomic E-state index is 4.99. The highest BCUT2D eigenvalue weighted by Crippen LogP contribution is 2.39. The number of aromatic nitrogens is 2. The average Bonchev–Trinajstić information content (AvgIpc) is 3.11. The summed E-state index contributed by atoms with van der Waals surface area (Å²) in [7, 11) is 3.86. The summed E-state index contributed by atoms with van der Waals surface area (Å²) in [4.78, 5) is 2.30. The molecule has 5 heteroatoms. The van der Waals surface area contributed by atoms with Gasteiger partial charge in [-0.3, -0.25) is 10.00 Å². The predicted octanol–water partition coefficient (Wildman–Crippen LogP) is 0.955. The van der Waals surface area contributed by atoms with Crippen molar-refractivity contribution < 1.29 is 4.74 Å². The third-order valence-corrected chi connectivity index (χ3v) is 3.24. The zero-order valence-corrected chi connectivity index (χ0v) is 11.4. The molecule has 1 aliphatic rings. The van der Waals surface area contributed by atoms with Gasteiger partial charge in [0.1, 0.15) is 0 Å². The van der Waals surface area contributed by atoms with Crippen molar-refractivity contribution in [3.8, 4) is 0 Å². The molecule has 5 nitrogen and oxygen atoms in total. The van der Waals surface area contributed by atoms with Crippen LogP contribution < -0.4 is 5.32 Å². The zero-order valence-electron chi connectivity index (χ0n) is 11.4. The lowest BCUT2D eigenvalue weighted by atomic mass is 10.2. The largest absolute Gasteiger partial charge is 0.383 e. The van der Waals surface area contributed by atoms with E-state index in [2.05, 4.69) is 33.5 Å². The van der Waals surface area contributed by atoms with E-state index in [1.165, 1.54) is 24.2 Å². The number of methoxy groups -OCH3 is 1. The number of rotatable bonds is 9. The minimum atomic E-state index is 0.732. The van der Waals surface area contributed by atoms with Gasteiger partial charge in [0.05, 0.1) is 12.3 Å². The maximum absolute atomic E-state index is 4.99. The topological polar surface area (TPSA) is 53.2 Å². The molecule has 1 fully saturated rings. The number of nitrogens with zero attached hydrogens (tertiary/aromatic N) is 2. The van der Waals surface area contributed by atoms with E-state index in [4.69, 9.17) is 4.74 Å². The lowest BCUT2D eigenvalue weighted by Crippen LogP contribution is -2.30. The van der Waals surface area contributed by atoms with Crippen LogP contribution in [0, 0.1) is 0 Å². The molecule has 1 aromatic heterocycles. The molecule has 18 heavy (non-hydrogen) atoms. The fourth-order valence-electron chi connectivity index (χ4n) is 1.99. The highest BCUT2D eigenvalue weighted by atomic mass is 16.5. The Labute approximate surface area is 109 Å². The number of hydrogen-bond acceptors (Lipinski definition) is 4. The van der Waals surface area contributed by atoms with Crippen molar-refractivity contribution in [1.29, 1.82) is 0 Å². The van der Waals surface area contributed by atoms with Gasteiger partial charge in [0.25, 0.3) is 0 Å². The molecule has 102 valence electrons. The molecule has 0 radical (unpaired) electrons. The van der Waals surface area contributed by atoms with Crippen molar-refractivity contribution >= 4 is 0 Å². The van der Waals surface area contributed by atoms with Crippen LogP contribution in [0.4, 0.5) is 0 Å². The minimum Gasteiger partial charge on any atom is -0.383 e. The van der Waals surface area contributed by atoms with Crippen LogP contribution in [0.3, 0.4) is 0 Å². The first-order valence-corrected chi connectivity index (χ1v) is 6.72. The lowest BCUT2D eigenvalue weighted by molar-refractivity contribution is 0.197. The van der Waals surface area contributed by atoms with Crippen molar-refractivity contribution in [3.05, 3.63) is 17.5 Å². The number of hydrogen-bond donors (Lipinski definition) is 2. The molecule has 1 heterocycles. The monoisotopic (exact) mass is 252 g/mol. The summed E-state index contributed by atoms with van der Waals surface area (Å²) in [5, 5.41) is 10.8. The smallest absolute Gasteiger partial charge is 0.0656 e. The number of H-pyrrole nitrogens is 1. The third kappa shape index (κ3) is 4.40. The van der Waals surface area contributed by atoms with E-state index in [0.717, 1.165) is 38.7 Å². The van der Waals surface area contributed by atoms with E-state index >= 15 is 0 Å². The number of likely N-dealkylation sites (N-methyl/N-ethyl adjacent to an activating group) is 1. The Kier molecular flexibility index (Phi) is 5.16. The van der Waals surface area contributed by atoms with Crippen LogP contribution in [0.2, 0.25) is 0 Å². The van der Waals surface area contributed by atoms with Crippen LogP contribution in [0.25, 0.3) is 0 Å².